The molecule has 2 unspecified atom stereocenters. The van der Waals surface area contributed by atoms with Crippen LogP contribution in [0.1, 0.15) is 18.9 Å². The summed E-state index contributed by atoms with van der Waals surface area (Å²) in [6.07, 6.45) is 1.04. The van der Waals surface area contributed by atoms with Crippen molar-refractivity contribution in [3.05, 3.63) is 29.8 Å². The molecular formula is C18H28N2O4S. The Hall–Kier alpha value is -1.15. The molecule has 2 heterocycles. The molecule has 6 nitrogen and oxygen atoms in total. The van der Waals surface area contributed by atoms with Gasteiger partial charge in [0.25, 0.3) is 0 Å². The number of nitrogens with zero attached hydrogens (tertiary/aromatic N) is 2. The van der Waals surface area contributed by atoms with Crippen LogP contribution in [-0.4, -0.2) is 79.8 Å². The van der Waals surface area contributed by atoms with Crippen molar-refractivity contribution in [2.24, 2.45) is 0 Å². The molecule has 0 radical (unpaired) electrons. The SMILES string of the molecule is CCCN1CCN(Cc2ccccc2OCCO)C2CS(=O)(=O)CC21. The van der Waals surface area contributed by atoms with Crippen molar-refractivity contribution in [1.82, 2.24) is 9.80 Å². The van der Waals surface area contributed by atoms with E-state index in [0.29, 0.717) is 6.54 Å². The number of ether oxygens (including phenoxy) is 1. The first-order chi connectivity index (χ1) is 12.0. The van der Waals surface area contributed by atoms with Gasteiger partial charge >= 0.3 is 0 Å². The van der Waals surface area contributed by atoms with Crippen LogP contribution in [0.25, 0.3) is 0 Å². The third-order valence-corrected chi connectivity index (χ3v) is 6.81. The molecule has 1 aromatic rings. The van der Waals surface area contributed by atoms with Gasteiger partial charge in [0.1, 0.15) is 12.4 Å². The average Bonchev–Trinajstić information content (AvgIpc) is 2.92. The number of benzene rings is 1. The van der Waals surface area contributed by atoms with Gasteiger partial charge in [-0.05, 0) is 19.0 Å². The number of sulfone groups is 1. The zero-order chi connectivity index (χ0) is 17.9. The van der Waals surface area contributed by atoms with E-state index >= 15 is 0 Å². The maximum Gasteiger partial charge on any atom is 0.153 e. The molecule has 0 aliphatic carbocycles. The molecule has 140 valence electrons. The van der Waals surface area contributed by atoms with Crippen LogP contribution in [0.15, 0.2) is 24.3 Å². The average molecular weight is 368 g/mol. The molecule has 0 aromatic heterocycles. The van der Waals surface area contributed by atoms with Crippen LogP contribution >= 0.6 is 0 Å². The van der Waals surface area contributed by atoms with Gasteiger partial charge in [-0.3, -0.25) is 9.80 Å². The van der Waals surface area contributed by atoms with Crippen molar-refractivity contribution in [2.75, 3.05) is 44.4 Å². The van der Waals surface area contributed by atoms with Crippen LogP contribution in [-0.2, 0) is 16.4 Å². The summed E-state index contributed by atoms with van der Waals surface area (Å²) in [5.74, 6) is 1.29. The number of aliphatic hydroxyl groups is 1. The van der Waals surface area contributed by atoms with E-state index < -0.39 is 9.84 Å². The number of fused-ring (bicyclic) bond motifs is 1. The second-order valence-corrected chi connectivity index (χ2v) is 9.05. The highest BCUT2D eigenvalue weighted by Crippen LogP contribution is 2.30. The van der Waals surface area contributed by atoms with E-state index in [1.54, 1.807) is 0 Å². The Balaban J connectivity index is 1.77. The molecule has 2 aliphatic rings. The number of hydrogen-bond donors (Lipinski definition) is 1. The van der Waals surface area contributed by atoms with Gasteiger partial charge in [-0.2, -0.15) is 0 Å². The molecule has 3 rings (SSSR count). The topological polar surface area (TPSA) is 70.1 Å². The highest BCUT2D eigenvalue weighted by molar-refractivity contribution is 7.91. The molecule has 2 atom stereocenters. The first kappa shape index (κ1) is 18.6. The lowest BCUT2D eigenvalue weighted by Gasteiger charge is -2.44. The van der Waals surface area contributed by atoms with Crippen LogP contribution in [0.5, 0.6) is 5.75 Å². The largest absolute Gasteiger partial charge is 0.491 e. The summed E-state index contributed by atoms with van der Waals surface area (Å²) in [4.78, 5) is 4.64. The standard InChI is InChI=1S/C18H28N2O4S/c1-2-7-19-8-9-20(17-14-25(22,23)13-16(17)19)12-15-5-3-4-6-18(15)24-11-10-21/h3-6,16-17,21H,2,7-14H2,1H3. The van der Waals surface area contributed by atoms with Gasteiger partial charge in [0.05, 0.1) is 18.1 Å². The van der Waals surface area contributed by atoms with Crippen molar-refractivity contribution < 1.29 is 18.3 Å². The predicted molar refractivity (Wildman–Crippen MR) is 97.5 cm³/mol. The van der Waals surface area contributed by atoms with E-state index in [1.807, 2.05) is 24.3 Å². The van der Waals surface area contributed by atoms with Gasteiger partial charge in [-0.25, -0.2) is 8.42 Å². The molecule has 0 bridgehead atoms. The molecule has 7 heteroatoms. The molecule has 2 saturated heterocycles. The maximum absolute atomic E-state index is 12.2. The molecule has 25 heavy (non-hydrogen) atoms. The summed E-state index contributed by atoms with van der Waals surface area (Å²) in [6.45, 7) is 5.79. The molecule has 0 saturated carbocycles. The van der Waals surface area contributed by atoms with E-state index in [0.717, 1.165) is 37.4 Å². The van der Waals surface area contributed by atoms with Crippen LogP contribution in [0.4, 0.5) is 0 Å². The third-order valence-electron chi connectivity index (χ3n) is 5.11. The minimum atomic E-state index is -2.98. The molecule has 2 fully saturated rings. The second kappa shape index (κ2) is 8.03. The van der Waals surface area contributed by atoms with Crippen molar-refractivity contribution in [1.29, 1.82) is 0 Å². The Morgan fingerprint density at radius 3 is 2.56 bits per heavy atom. The lowest BCUT2D eigenvalue weighted by molar-refractivity contribution is 0.0399. The van der Waals surface area contributed by atoms with Crippen LogP contribution in [0, 0.1) is 0 Å². The minimum absolute atomic E-state index is 0.0209. The Morgan fingerprint density at radius 1 is 1.16 bits per heavy atom. The Labute approximate surface area is 150 Å². The molecular weight excluding hydrogens is 340 g/mol. The normalized spacial score (nSPS) is 26.5. The summed E-state index contributed by atoms with van der Waals surface area (Å²) < 4.78 is 30.1. The molecule has 1 N–H and O–H groups in total. The lowest BCUT2D eigenvalue weighted by Crippen LogP contribution is -2.58. The number of piperazine rings is 1. The molecule has 1 aromatic carbocycles. The van der Waals surface area contributed by atoms with Gasteiger partial charge in [-0.15, -0.1) is 0 Å². The molecule has 0 amide bonds. The maximum atomic E-state index is 12.2. The zero-order valence-electron chi connectivity index (χ0n) is 14.8. The van der Waals surface area contributed by atoms with Crippen LogP contribution < -0.4 is 4.74 Å². The van der Waals surface area contributed by atoms with E-state index in [9.17, 15) is 8.42 Å². The third kappa shape index (κ3) is 4.34. The Morgan fingerprint density at radius 2 is 1.84 bits per heavy atom. The van der Waals surface area contributed by atoms with Crippen molar-refractivity contribution in [3.8, 4) is 5.75 Å². The predicted octanol–water partition coefficient (Wildman–Crippen LogP) is 0.751. The van der Waals surface area contributed by atoms with E-state index in [1.165, 1.54) is 0 Å². The minimum Gasteiger partial charge on any atom is -0.491 e. The summed E-state index contributed by atoms with van der Waals surface area (Å²) >= 11 is 0. The summed E-state index contributed by atoms with van der Waals surface area (Å²) in [5.41, 5.74) is 1.04. The fourth-order valence-electron chi connectivity index (χ4n) is 4.01. The molecule has 2 aliphatic heterocycles. The summed E-state index contributed by atoms with van der Waals surface area (Å²) in [7, 11) is -2.98. The van der Waals surface area contributed by atoms with Crippen LogP contribution in [0.3, 0.4) is 0 Å². The Bertz CT molecular complexity index is 679. The van der Waals surface area contributed by atoms with Gasteiger partial charge in [-0.1, -0.05) is 25.1 Å². The zero-order valence-corrected chi connectivity index (χ0v) is 15.6. The van der Waals surface area contributed by atoms with Gasteiger partial charge in [0.2, 0.25) is 0 Å². The van der Waals surface area contributed by atoms with Crippen molar-refractivity contribution in [2.45, 2.75) is 32.0 Å². The fraction of sp³-hybridized carbons (Fsp3) is 0.667. The van der Waals surface area contributed by atoms with Gasteiger partial charge < -0.3 is 9.84 Å². The summed E-state index contributed by atoms with van der Waals surface area (Å²) in [6, 6.07) is 7.96. The smallest absolute Gasteiger partial charge is 0.153 e. The Kier molecular flexibility index (Phi) is 5.99. The highest BCUT2D eigenvalue weighted by atomic mass is 32.2. The van der Waals surface area contributed by atoms with E-state index in [4.69, 9.17) is 9.84 Å². The summed E-state index contributed by atoms with van der Waals surface area (Å²) in [5, 5.41) is 8.99. The quantitative estimate of drug-likeness (QED) is 0.766. The molecule has 0 spiro atoms. The second-order valence-electron chi connectivity index (χ2n) is 6.90. The van der Waals surface area contributed by atoms with E-state index in [2.05, 4.69) is 16.7 Å². The van der Waals surface area contributed by atoms with Crippen molar-refractivity contribution >= 4 is 9.84 Å². The number of rotatable bonds is 7. The monoisotopic (exact) mass is 368 g/mol. The first-order valence-electron chi connectivity index (χ1n) is 9.04. The van der Waals surface area contributed by atoms with Gasteiger partial charge in [0.15, 0.2) is 9.84 Å². The number of aliphatic hydroxyl groups excluding tert-OH is 1. The first-order valence-corrected chi connectivity index (χ1v) is 10.9. The highest BCUT2D eigenvalue weighted by Gasteiger charge is 2.46. The fourth-order valence-corrected chi connectivity index (χ4v) is 6.05. The van der Waals surface area contributed by atoms with Crippen molar-refractivity contribution in [3.63, 3.8) is 0 Å². The number of para-hydroxylation sites is 1. The number of hydrogen-bond acceptors (Lipinski definition) is 6. The van der Waals surface area contributed by atoms with Gasteiger partial charge in [0, 0.05) is 37.3 Å². The lowest BCUT2D eigenvalue weighted by atomic mass is 10.0. The van der Waals surface area contributed by atoms with E-state index in [-0.39, 0.29) is 36.8 Å². The van der Waals surface area contributed by atoms with Crippen LogP contribution in [0.2, 0.25) is 0 Å².